The summed E-state index contributed by atoms with van der Waals surface area (Å²) in [6, 6.07) is 10.3. The van der Waals surface area contributed by atoms with Gasteiger partial charge in [-0.25, -0.2) is 0 Å². The quantitative estimate of drug-likeness (QED) is 0.770. The Morgan fingerprint density at radius 3 is 2.61 bits per heavy atom. The van der Waals surface area contributed by atoms with Crippen molar-refractivity contribution in [3.63, 3.8) is 0 Å². The third kappa shape index (κ3) is 3.86. The van der Waals surface area contributed by atoms with Crippen molar-refractivity contribution in [3.8, 4) is 0 Å². The molecule has 18 heavy (non-hydrogen) atoms. The molecule has 0 aromatic heterocycles. The van der Waals surface area contributed by atoms with Gasteiger partial charge in [0, 0.05) is 6.42 Å². The Morgan fingerprint density at radius 1 is 1.22 bits per heavy atom. The molecule has 0 radical (unpaired) electrons. The first-order valence-electron chi connectivity index (χ1n) is 6.83. The Balaban J connectivity index is 1.78. The van der Waals surface area contributed by atoms with E-state index in [0.29, 0.717) is 5.41 Å². The van der Waals surface area contributed by atoms with Crippen molar-refractivity contribution in [1.82, 2.24) is 0 Å². The molecular formula is C16H23NO. The van der Waals surface area contributed by atoms with Crippen molar-refractivity contribution in [2.45, 2.75) is 52.6 Å². The predicted octanol–water partition coefficient (Wildman–Crippen LogP) is 4.40. The lowest BCUT2D eigenvalue weighted by Crippen LogP contribution is -2.11. The molecule has 0 fully saturated rings. The molecule has 1 atom stereocenters. The fraction of sp³-hybridized carbons (Fsp3) is 0.562. The molecule has 2 nitrogen and oxygen atoms in total. The topological polar surface area (TPSA) is 21.6 Å². The first-order chi connectivity index (χ1) is 8.54. The summed E-state index contributed by atoms with van der Waals surface area (Å²) >= 11 is 0. The summed E-state index contributed by atoms with van der Waals surface area (Å²) in [5.41, 5.74) is 2.70. The van der Waals surface area contributed by atoms with Crippen molar-refractivity contribution in [3.05, 3.63) is 35.9 Å². The van der Waals surface area contributed by atoms with E-state index < -0.39 is 0 Å². The number of rotatable bonds is 4. The van der Waals surface area contributed by atoms with Gasteiger partial charge in [-0.15, -0.1) is 0 Å². The molecule has 98 valence electrons. The minimum atomic E-state index is 0.280. The molecule has 1 aliphatic rings. The van der Waals surface area contributed by atoms with Crippen LogP contribution in [0.25, 0.3) is 0 Å². The summed E-state index contributed by atoms with van der Waals surface area (Å²) in [6.07, 6.45) is 4.80. The minimum absolute atomic E-state index is 0.280. The van der Waals surface area contributed by atoms with Gasteiger partial charge >= 0.3 is 0 Å². The molecule has 0 amide bonds. The van der Waals surface area contributed by atoms with Crippen LogP contribution in [0, 0.1) is 5.41 Å². The van der Waals surface area contributed by atoms with Crippen LogP contribution in [0.1, 0.15) is 52.0 Å². The molecule has 2 rings (SSSR count). The second kappa shape index (κ2) is 5.55. The molecular weight excluding hydrogens is 222 g/mol. The molecule has 0 spiro atoms. The van der Waals surface area contributed by atoms with E-state index in [1.54, 1.807) is 0 Å². The Labute approximate surface area is 110 Å². The maximum Gasteiger partial charge on any atom is 0.133 e. The highest BCUT2D eigenvalue weighted by molar-refractivity contribution is 6.01. The van der Waals surface area contributed by atoms with Crippen molar-refractivity contribution in [2.24, 2.45) is 10.6 Å². The van der Waals surface area contributed by atoms with Crippen LogP contribution in [0.2, 0.25) is 0 Å². The van der Waals surface area contributed by atoms with Crippen molar-refractivity contribution < 1.29 is 4.84 Å². The standard InChI is InChI=1S/C16H23NO/c1-16(2,3)11-7-10-14-12-15(17-18-14)13-8-5-4-6-9-13/h4-6,8-9,14H,7,10-12H2,1-3H3. The lowest BCUT2D eigenvalue weighted by Gasteiger charge is -2.18. The predicted molar refractivity (Wildman–Crippen MR) is 75.8 cm³/mol. The van der Waals surface area contributed by atoms with E-state index in [1.807, 2.05) is 18.2 Å². The fourth-order valence-electron chi connectivity index (χ4n) is 2.24. The number of oxime groups is 1. The summed E-state index contributed by atoms with van der Waals surface area (Å²) in [7, 11) is 0. The van der Waals surface area contributed by atoms with E-state index in [4.69, 9.17) is 4.84 Å². The van der Waals surface area contributed by atoms with E-state index in [-0.39, 0.29) is 6.10 Å². The van der Waals surface area contributed by atoms with Crippen LogP contribution in [-0.4, -0.2) is 11.8 Å². The average molecular weight is 245 g/mol. The first kappa shape index (κ1) is 13.1. The zero-order valence-electron chi connectivity index (χ0n) is 11.6. The van der Waals surface area contributed by atoms with Crippen LogP contribution in [0.5, 0.6) is 0 Å². The fourth-order valence-corrected chi connectivity index (χ4v) is 2.24. The second-order valence-electron chi connectivity index (χ2n) is 6.29. The van der Waals surface area contributed by atoms with Gasteiger partial charge in [0.1, 0.15) is 6.10 Å². The Morgan fingerprint density at radius 2 is 1.94 bits per heavy atom. The monoisotopic (exact) mass is 245 g/mol. The van der Waals surface area contributed by atoms with Gasteiger partial charge < -0.3 is 4.84 Å². The van der Waals surface area contributed by atoms with E-state index >= 15 is 0 Å². The molecule has 0 saturated heterocycles. The van der Waals surface area contributed by atoms with Crippen molar-refractivity contribution in [1.29, 1.82) is 0 Å². The van der Waals surface area contributed by atoms with Crippen LogP contribution < -0.4 is 0 Å². The highest BCUT2D eigenvalue weighted by atomic mass is 16.6. The summed E-state index contributed by atoms with van der Waals surface area (Å²) in [5, 5.41) is 4.22. The molecule has 0 N–H and O–H groups in total. The van der Waals surface area contributed by atoms with Gasteiger partial charge in [0.05, 0.1) is 5.71 Å². The van der Waals surface area contributed by atoms with E-state index in [1.165, 1.54) is 18.4 Å². The number of nitrogens with zero attached hydrogens (tertiary/aromatic N) is 1. The molecule has 1 aromatic carbocycles. The van der Waals surface area contributed by atoms with Gasteiger partial charge in [-0.2, -0.15) is 0 Å². The van der Waals surface area contributed by atoms with E-state index in [9.17, 15) is 0 Å². The van der Waals surface area contributed by atoms with Crippen LogP contribution in [0.15, 0.2) is 35.5 Å². The summed E-state index contributed by atoms with van der Waals surface area (Å²) < 4.78 is 0. The minimum Gasteiger partial charge on any atom is -0.392 e. The number of benzene rings is 1. The Hall–Kier alpha value is -1.31. The summed E-state index contributed by atoms with van der Waals surface area (Å²) in [4.78, 5) is 5.52. The van der Waals surface area contributed by atoms with Crippen LogP contribution in [0.3, 0.4) is 0 Å². The lowest BCUT2D eigenvalue weighted by molar-refractivity contribution is 0.0750. The van der Waals surface area contributed by atoms with Gasteiger partial charge in [0.2, 0.25) is 0 Å². The lowest BCUT2D eigenvalue weighted by atomic mass is 9.89. The maximum atomic E-state index is 5.52. The molecule has 1 aromatic rings. The highest BCUT2D eigenvalue weighted by Crippen LogP contribution is 2.25. The second-order valence-corrected chi connectivity index (χ2v) is 6.29. The molecule has 1 aliphatic heterocycles. The SMILES string of the molecule is CC(C)(C)CCCC1CC(c2ccccc2)=NO1. The third-order valence-electron chi connectivity index (χ3n) is 3.29. The molecule has 1 unspecified atom stereocenters. The molecule has 0 aliphatic carbocycles. The van der Waals surface area contributed by atoms with Crippen molar-refractivity contribution in [2.75, 3.05) is 0 Å². The number of hydrogen-bond donors (Lipinski definition) is 0. The largest absolute Gasteiger partial charge is 0.392 e. The van der Waals surface area contributed by atoms with Crippen LogP contribution >= 0.6 is 0 Å². The van der Waals surface area contributed by atoms with E-state index in [0.717, 1.165) is 18.6 Å². The van der Waals surface area contributed by atoms with Gasteiger partial charge in [-0.3, -0.25) is 0 Å². The average Bonchev–Trinajstić information content (AvgIpc) is 2.77. The van der Waals surface area contributed by atoms with Gasteiger partial charge in [0.25, 0.3) is 0 Å². The van der Waals surface area contributed by atoms with E-state index in [2.05, 4.69) is 38.1 Å². The summed E-state index contributed by atoms with van der Waals surface area (Å²) in [6.45, 7) is 6.86. The Kier molecular flexibility index (Phi) is 4.05. The summed E-state index contributed by atoms with van der Waals surface area (Å²) in [5.74, 6) is 0. The number of hydrogen-bond acceptors (Lipinski definition) is 2. The molecule has 1 heterocycles. The van der Waals surface area contributed by atoms with Crippen molar-refractivity contribution >= 4 is 5.71 Å². The molecule has 2 heteroatoms. The smallest absolute Gasteiger partial charge is 0.133 e. The van der Waals surface area contributed by atoms with Gasteiger partial charge in [-0.05, 0) is 30.2 Å². The zero-order chi connectivity index (χ0) is 13.0. The third-order valence-corrected chi connectivity index (χ3v) is 3.29. The Bertz CT molecular complexity index is 403. The maximum absolute atomic E-state index is 5.52. The van der Waals surface area contributed by atoms with Gasteiger partial charge in [0.15, 0.2) is 0 Å². The highest BCUT2D eigenvalue weighted by Gasteiger charge is 2.22. The van der Waals surface area contributed by atoms with Crippen LogP contribution in [-0.2, 0) is 4.84 Å². The first-order valence-corrected chi connectivity index (χ1v) is 6.83. The zero-order valence-corrected chi connectivity index (χ0v) is 11.6. The normalized spacial score (nSPS) is 19.5. The molecule has 0 saturated carbocycles. The molecule has 0 bridgehead atoms. The van der Waals surface area contributed by atoms with Gasteiger partial charge in [-0.1, -0.05) is 56.3 Å². The van der Waals surface area contributed by atoms with Crippen LogP contribution in [0.4, 0.5) is 0 Å².